The summed E-state index contributed by atoms with van der Waals surface area (Å²) in [5, 5.41) is -0.829. The van der Waals surface area contributed by atoms with E-state index in [0.717, 1.165) is 43.4 Å². The van der Waals surface area contributed by atoms with Gasteiger partial charge in [0.05, 0.1) is 17.7 Å². The van der Waals surface area contributed by atoms with Crippen LogP contribution < -0.4 is 4.74 Å². The van der Waals surface area contributed by atoms with Gasteiger partial charge < -0.3 is 4.74 Å². The SMILES string of the molecule is O=C(Cl)c1cc(C2CC2)c(OCC2CCN(C(Cl)c3cccc(C(F)(F)F)c3)CC2)cc1F. The number of rotatable bonds is 7. The molecule has 1 atom stereocenters. The van der Waals surface area contributed by atoms with Gasteiger partial charge in [-0.1, -0.05) is 12.1 Å². The molecule has 3 nitrogen and oxygen atoms in total. The van der Waals surface area contributed by atoms with E-state index in [1.807, 2.05) is 4.90 Å². The van der Waals surface area contributed by atoms with E-state index in [-0.39, 0.29) is 17.4 Å². The first kappa shape index (κ1) is 24.3. The predicted molar refractivity (Wildman–Crippen MR) is 118 cm³/mol. The highest BCUT2D eigenvalue weighted by Crippen LogP contribution is 2.45. The Hall–Kier alpha value is -1.83. The molecular formula is C24H23Cl2F4NO2. The van der Waals surface area contributed by atoms with Crippen LogP contribution in [0.1, 0.15) is 64.2 Å². The summed E-state index contributed by atoms with van der Waals surface area (Å²) in [5.74, 6) is 0.200. The average Bonchev–Trinajstić information content (AvgIpc) is 3.62. The second-order valence-corrected chi connectivity index (χ2v) is 9.42. The Kier molecular flexibility index (Phi) is 7.22. The maximum atomic E-state index is 14.3. The van der Waals surface area contributed by atoms with E-state index in [0.29, 0.717) is 31.0 Å². The zero-order valence-corrected chi connectivity index (χ0v) is 19.2. The highest BCUT2D eigenvalue weighted by Gasteiger charge is 2.33. The maximum Gasteiger partial charge on any atom is 0.416 e. The molecule has 0 aromatic heterocycles. The maximum absolute atomic E-state index is 14.3. The number of hydrogen-bond acceptors (Lipinski definition) is 3. The minimum absolute atomic E-state index is 0.137. The fraction of sp³-hybridized carbons (Fsp3) is 0.458. The highest BCUT2D eigenvalue weighted by molar-refractivity contribution is 6.67. The second-order valence-electron chi connectivity index (χ2n) is 8.67. The average molecular weight is 504 g/mol. The molecule has 2 fully saturated rings. The second kappa shape index (κ2) is 9.80. The van der Waals surface area contributed by atoms with Crippen LogP contribution in [0.2, 0.25) is 0 Å². The molecule has 178 valence electrons. The van der Waals surface area contributed by atoms with Crippen molar-refractivity contribution in [1.29, 1.82) is 0 Å². The van der Waals surface area contributed by atoms with Crippen molar-refractivity contribution in [3.05, 3.63) is 64.5 Å². The molecule has 1 saturated heterocycles. The van der Waals surface area contributed by atoms with E-state index in [1.165, 1.54) is 18.2 Å². The molecular weight excluding hydrogens is 481 g/mol. The third-order valence-corrected chi connectivity index (χ3v) is 6.99. The summed E-state index contributed by atoms with van der Waals surface area (Å²) in [4.78, 5) is 13.4. The van der Waals surface area contributed by atoms with E-state index >= 15 is 0 Å². The quantitative estimate of drug-likeness (QED) is 0.174. The molecule has 0 radical (unpaired) electrons. The van der Waals surface area contributed by atoms with Crippen molar-refractivity contribution < 1.29 is 27.1 Å². The molecule has 0 amide bonds. The summed E-state index contributed by atoms with van der Waals surface area (Å²) in [6, 6.07) is 7.83. The monoisotopic (exact) mass is 503 g/mol. The lowest BCUT2D eigenvalue weighted by Crippen LogP contribution is -2.36. The van der Waals surface area contributed by atoms with Crippen LogP contribution in [0.5, 0.6) is 5.75 Å². The lowest BCUT2D eigenvalue weighted by molar-refractivity contribution is -0.137. The molecule has 2 aromatic rings. The van der Waals surface area contributed by atoms with Gasteiger partial charge >= 0.3 is 6.18 Å². The van der Waals surface area contributed by atoms with Gasteiger partial charge in [-0.15, -0.1) is 11.6 Å². The summed E-state index contributed by atoms with van der Waals surface area (Å²) in [5.41, 5.74) is -0.273. The molecule has 4 rings (SSSR count). The van der Waals surface area contributed by atoms with Crippen molar-refractivity contribution in [2.24, 2.45) is 5.92 Å². The number of halogens is 6. The Balaban J connectivity index is 1.35. The van der Waals surface area contributed by atoms with E-state index in [4.69, 9.17) is 27.9 Å². The smallest absolute Gasteiger partial charge is 0.416 e. The van der Waals surface area contributed by atoms with Crippen molar-refractivity contribution in [3.63, 3.8) is 0 Å². The van der Waals surface area contributed by atoms with Gasteiger partial charge in [-0.25, -0.2) is 4.39 Å². The van der Waals surface area contributed by atoms with Crippen LogP contribution in [-0.2, 0) is 6.18 Å². The molecule has 1 unspecified atom stereocenters. The fourth-order valence-corrected chi connectivity index (χ4v) is 4.66. The van der Waals surface area contributed by atoms with Gasteiger partial charge in [0.15, 0.2) is 0 Å². The van der Waals surface area contributed by atoms with Crippen LogP contribution in [0.25, 0.3) is 0 Å². The first-order chi connectivity index (χ1) is 15.6. The molecule has 1 heterocycles. The minimum Gasteiger partial charge on any atom is -0.493 e. The number of nitrogens with zero attached hydrogens (tertiary/aromatic N) is 1. The minimum atomic E-state index is -4.41. The van der Waals surface area contributed by atoms with Crippen molar-refractivity contribution >= 4 is 28.4 Å². The van der Waals surface area contributed by atoms with Crippen LogP contribution in [0.4, 0.5) is 17.6 Å². The van der Waals surface area contributed by atoms with E-state index in [2.05, 4.69) is 0 Å². The Morgan fingerprint density at radius 2 is 1.82 bits per heavy atom. The number of carbonyl (C=O) groups excluding carboxylic acids is 1. The number of hydrogen-bond donors (Lipinski definition) is 0. The normalized spacial score (nSPS) is 18.8. The molecule has 1 aliphatic heterocycles. The van der Waals surface area contributed by atoms with Gasteiger partial charge in [-0.3, -0.25) is 9.69 Å². The number of piperidine rings is 1. The topological polar surface area (TPSA) is 29.5 Å². The first-order valence-corrected chi connectivity index (χ1v) is 11.7. The molecule has 9 heteroatoms. The summed E-state index contributed by atoms with van der Waals surface area (Å²) in [6.07, 6.45) is -0.986. The van der Waals surface area contributed by atoms with Gasteiger partial charge in [0.1, 0.15) is 17.1 Å². The van der Waals surface area contributed by atoms with Crippen molar-refractivity contribution in [3.8, 4) is 5.75 Å². The third-order valence-electron chi connectivity index (χ3n) is 6.26. The Morgan fingerprint density at radius 3 is 2.42 bits per heavy atom. The standard InChI is InChI=1S/C24H23Cl2F4NO2/c25-22(16-2-1-3-17(10-16)24(28,29)30)31-8-6-14(7-9-31)13-33-21-12-20(27)19(23(26)32)11-18(21)15-4-5-15/h1-3,10-12,14-15,22H,4-9,13H2. The van der Waals surface area contributed by atoms with Crippen molar-refractivity contribution in [2.45, 2.75) is 43.3 Å². The molecule has 0 bridgehead atoms. The van der Waals surface area contributed by atoms with Crippen LogP contribution in [0, 0.1) is 11.7 Å². The fourth-order valence-electron chi connectivity index (χ4n) is 4.19. The number of carbonyl (C=O) groups is 1. The predicted octanol–water partition coefficient (Wildman–Crippen LogP) is 7.13. The summed E-state index contributed by atoms with van der Waals surface area (Å²) in [7, 11) is 0. The lowest BCUT2D eigenvalue weighted by Gasteiger charge is -2.35. The van der Waals surface area contributed by atoms with E-state index < -0.39 is 28.3 Å². The van der Waals surface area contributed by atoms with Crippen LogP contribution in [0.15, 0.2) is 36.4 Å². The lowest BCUT2D eigenvalue weighted by atomic mass is 9.97. The first-order valence-electron chi connectivity index (χ1n) is 10.8. The van der Waals surface area contributed by atoms with Gasteiger partial charge in [0.2, 0.25) is 0 Å². The highest BCUT2D eigenvalue weighted by atomic mass is 35.5. The molecule has 0 N–H and O–H groups in total. The zero-order chi connectivity index (χ0) is 23.8. The number of alkyl halides is 4. The molecule has 2 aliphatic rings. The van der Waals surface area contributed by atoms with Gasteiger partial charge in [0, 0.05) is 19.2 Å². The van der Waals surface area contributed by atoms with Crippen molar-refractivity contribution in [1.82, 2.24) is 4.90 Å². The molecule has 2 aromatic carbocycles. The zero-order valence-electron chi connectivity index (χ0n) is 17.7. The van der Waals surface area contributed by atoms with Gasteiger partial charge in [-0.2, -0.15) is 13.2 Å². The van der Waals surface area contributed by atoms with Crippen LogP contribution in [0.3, 0.4) is 0 Å². The van der Waals surface area contributed by atoms with Crippen LogP contribution in [-0.4, -0.2) is 29.8 Å². The number of benzene rings is 2. The summed E-state index contributed by atoms with van der Waals surface area (Å²) in [6.45, 7) is 1.61. The number of ether oxygens (including phenoxy) is 1. The van der Waals surface area contributed by atoms with E-state index in [1.54, 1.807) is 6.07 Å². The van der Waals surface area contributed by atoms with Gasteiger partial charge in [-0.05, 0) is 78.4 Å². The summed E-state index contributed by atoms with van der Waals surface area (Å²) >= 11 is 12.0. The Bertz CT molecular complexity index is 1020. The molecule has 0 spiro atoms. The van der Waals surface area contributed by atoms with Crippen molar-refractivity contribution in [2.75, 3.05) is 19.7 Å². The van der Waals surface area contributed by atoms with Gasteiger partial charge in [0.25, 0.3) is 5.24 Å². The Labute approximate surface area is 199 Å². The third kappa shape index (κ3) is 5.81. The van der Waals surface area contributed by atoms with E-state index in [9.17, 15) is 22.4 Å². The summed E-state index contributed by atoms with van der Waals surface area (Å²) < 4.78 is 59.2. The number of likely N-dealkylation sites (tertiary alicyclic amines) is 1. The van der Waals surface area contributed by atoms with Crippen LogP contribution >= 0.6 is 23.2 Å². The Morgan fingerprint density at radius 1 is 1.12 bits per heavy atom. The molecule has 33 heavy (non-hydrogen) atoms. The molecule has 1 aliphatic carbocycles. The largest absolute Gasteiger partial charge is 0.493 e. The molecule has 1 saturated carbocycles.